The maximum atomic E-state index is 12.6. The second-order valence-corrected chi connectivity index (χ2v) is 15.6. The first-order chi connectivity index (χ1) is 12.2. The Morgan fingerprint density at radius 1 is 1.04 bits per heavy atom. The minimum absolute atomic E-state index is 0.0495. The summed E-state index contributed by atoms with van der Waals surface area (Å²) in [4.78, 5) is 25.0. The summed E-state index contributed by atoms with van der Waals surface area (Å²) in [5.41, 5.74) is -0.544. The van der Waals surface area contributed by atoms with E-state index >= 15 is 0 Å². The smallest absolute Gasteiger partial charge is 0.407 e. The van der Waals surface area contributed by atoms with Gasteiger partial charge in [-0.3, -0.25) is 4.79 Å². The van der Waals surface area contributed by atoms with Crippen molar-refractivity contribution < 1.29 is 18.8 Å². The van der Waals surface area contributed by atoms with Crippen LogP contribution in [0.15, 0.2) is 0 Å². The molecule has 0 bridgehead atoms. The van der Waals surface area contributed by atoms with Crippen molar-refractivity contribution in [1.82, 2.24) is 5.32 Å². The number of ketones is 1. The summed E-state index contributed by atoms with van der Waals surface area (Å²) in [6.07, 6.45) is 3.85. The Morgan fingerprint density at radius 3 is 2.00 bits per heavy atom. The summed E-state index contributed by atoms with van der Waals surface area (Å²) in [7, 11) is -2.07. The minimum atomic E-state index is -2.07. The predicted octanol–water partition coefficient (Wildman–Crippen LogP) is 5.05. The van der Waals surface area contributed by atoms with Crippen LogP contribution in [0.2, 0.25) is 18.1 Å². The molecule has 0 aromatic carbocycles. The Bertz CT molecular complexity index is 554. The van der Waals surface area contributed by atoms with Gasteiger partial charge in [0.1, 0.15) is 11.4 Å². The molecule has 2 aliphatic carbocycles. The van der Waals surface area contributed by atoms with E-state index in [1.165, 1.54) is 0 Å². The Labute approximate surface area is 166 Å². The molecule has 2 atom stereocenters. The van der Waals surface area contributed by atoms with Gasteiger partial charge in [-0.15, -0.1) is 0 Å². The number of carbonyl (C=O) groups is 2. The zero-order valence-electron chi connectivity index (χ0n) is 18.5. The van der Waals surface area contributed by atoms with Gasteiger partial charge in [0.05, 0.1) is 12.1 Å². The minimum Gasteiger partial charge on any atom is -0.444 e. The Hall–Kier alpha value is -0.883. The molecule has 2 aliphatic rings. The van der Waals surface area contributed by atoms with Crippen LogP contribution in [0.1, 0.15) is 73.6 Å². The molecule has 0 spiro atoms. The summed E-state index contributed by atoms with van der Waals surface area (Å²) >= 11 is 0. The molecule has 2 rings (SSSR count). The highest BCUT2D eigenvalue weighted by atomic mass is 28.4. The third-order valence-electron chi connectivity index (χ3n) is 5.90. The van der Waals surface area contributed by atoms with Gasteiger partial charge in [0, 0.05) is 12.3 Å². The van der Waals surface area contributed by atoms with Gasteiger partial charge in [0.25, 0.3) is 0 Å². The van der Waals surface area contributed by atoms with Crippen molar-refractivity contribution in [2.45, 2.75) is 110 Å². The number of hydrogen-bond donors (Lipinski definition) is 1. The monoisotopic (exact) mass is 397 g/mol. The quantitative estimate of drug-likeness (QED) is 0.582. The number of alkyl carbamates (subject to hydrolysis) is 1. The molecule has 1 N–H and O–H groups in total. The topological polar surface area (TPSA) is 64.6 Å². The van der Waals surface area contributed by atoms with E-state index in [2.05, 4.69) is 39.2 Å². The lowest BCUT2D eigenvalue weighted by atomic mass is 9.99. The maximum Gasteiger partial charge on any atom is 0.407 e. The van der Waals surface area contributed by atoms with Crippen LogP contribution >= 0.6 is 0 Å². The molecular formula is C21H39NO4Si. The van der Waals surface area contributed by atoms with Crippen LogP contribution in [0, 0.1) is 11.8 Å². The molecular weight excluding hydrogens is 358 g/mol. The molecule has 2 fully saturated rings. The zero-order valence-corrected chi connectivity index (χ0v) is 19.5. The van der Waals surface area contributed by atoms with Crippen molar-refractivity contribution >= 4 is 20.2 Å². The summed E-state index contributed by atoms with van der Waals surface area (Å²) in [6.45, 7) is 16.6. The highest BCUT2D eigenvalue weighted by molar-refractivity contribution is 6.74. The number of Topliss-reactive ketones (excluding diaryl/α,β-unsaturated/α-hetero) is 1. The van der Waals surface area contributed by atoms with E-state index < -0.39 is 20.0 Å². The largest absolute Gasteiger partial charge is 0.444 e. The van der Waals surface area contributed by atoms with Crippen LogP contribution in [0.4, 0.5) is 4.79 Å². The Balaban J connectivity index is 2.16. The number of hydrogen-bond acceptors (Lipinski definition) is 4. The van der Waals surface area contributed by atoms with Gasteiger partial charge in [-0.1, -0.05) is 20.8 Å². The normalized spacial score (nSPS) is 20.7. The molecule has 0 aromatic rings. The van der Waals surface area contributed by atoms with Gasteiger partial charge in [-0.2, -0.15) is 0 Å². The average Bonchev–Trinajstić information content (AvgIpc) is 3.34. The van der Waals surface area contributed by atoms with E-state index in [0.29, 0.717) is 12.3 Å². The van der Waals surface area contributed by atoms with Crippen molar-refractivity contribution in [1.29, 1.82) is 0 Å². The van der Waals surface area contributed by atoms with Crippen molar-refractivity contribution in [3.8, 4) is 0 Å². The molecule has 0 aliphatic heterocycles. The van der Waals surface area contributed by atoms with Crippen LogP contribution in [0.25, 0.3) is 0 Å². The van der Waals surface area contributed by atoms with E-state index in [-0.39, 0.29) is 28.9 Å². The summed E-state index contributed by atoms with van der Waals surface area (Å²) < 4.78 is 12.2. The molecule has 0 radical (unpaired) electrons. The SMILES string of the molecule is CC(C)(C)OC(=O)N[C@@H](C1CC1)[C@H](CC(=O)C1CC1)O[Si](C)(C)C(C)(C)C. The number of nitrogens with one attached hydrogen (secondary N) is 1. The standard InChI is InChI=1S/C21H39NO4Si/c1-20(2,3)25-19(24)22-18(15-11-12-15)17(13-16(23)14-9-10-14)26-27(7,8)21(4,5)6/h14-15,17-18H,9-13H2,1-8H3,(H,22,24)/t17-,18-/m0/s1. The molecule has 27 heavy (non-hydrogen) atoms. The second-order valence-electron chi connectivity index (χ2n) is 10.9. The van der Waals surface area contributed by atoms with Gasteiger partial charge >= 0.3 is 6.09 Å². The van der Waals surface area contributed by atoms with Crippen LogP contribution in [0.5, 0.6) is 0 Å². The molecule has 1 amide bonds. The molecule has 156 valence electrons. The highest BCUT2D eigenvalue weighted by Gasteiger charge is 2.46. The predicted molar refractivity (Wildman–Crippen MR) is 110 cm³/mol. The zero-order chi connectivity index (χ0) is 20.6. The summed E-state index contributed by atoms with van der Waals surface area (Å²) in [5, 5.41) is 3.11. The summed E-state index contributed by atoms with van der Waals surface area (Å²) in [6, 6.07) is -0.156. The molecule has 0 heterocycles. The molecule has 0 saturated heterocycles. The van der Waals surface area contributed by atoms with Gasteiger partial charge in [0.2, 0.25) is 0 Å². The third-order valence-corrected chi connectivity index (χ3v) is 10.4. The third kappa shape index (κ3) is 6.90. The fourth-order valence-corrected chi connectivity index (χ4v) is 4.32. The number of ether oxygens (including phenoxy) is 1. The first-order valence-electron chi connectivity index (χ1n) is 10.4. The maximum absolute atomic E-state index is 12.6. The van der Waals surface area contributed by atoms with Crippen LogP contribution < -0.4 is 5.32 Å². The molecule has 0 unspecified atom stereocenters. The molecule has 6 heteroatoms. The average molecular weight is 398 g/mol. The lowest BCUT2D eigenvalue weighted by Crippen LogP contribution is -2.54. The summed E-state index contributed by atoms with van der Waals surface area (Å²) in [5.74, 6) is 0.867. The Kier molecular flexibility index (Phi) is 6.52. The van der Waals surface area contributed by atoms with Gasteiger partial charge in [0.15, 0.2) is 8.32 Å². The number of rotatable bonds is 8. The first kappa shape index (κ1) is 22.4. The highest BCUT2D eigenvalue weighted by Crippen LogP contribution is 2.42. The van der Waals surface area contributed by atoms with E-state index in [1.807, 2.05) is 20.8 Å². The number of carbonyl (C=O) groups excluding carboxylic acids is 2. The van der Waals surface area contributed by atoms with Crippen molar-refractivity contribution in [3.05, 3.63) is 0 Å². The van der Waals surface area contributed by atoms with Gasteiger partial charge < -0.3 is 14.5 Å². The van der Waals surface area contributed by atoms with Crippen LogP contribution in [0.3, 0.4) is 0 Å². The second kappa shape index (κ2) is 7.86. The molecule has 0 aromatic heterocycles. The fourth-order valence-electron chi connectivity index (χ4n) is 2.98. The lowest BCUT2D eigenvalue weighted by molar-refractivity contribution is -0.122. The van der Waals surface area contributed by atoms with E-state index in [0.717, 1.165) is 25.7 Å². The molecule has 2 saturated carbocycles. The molecule has 5 nitrogen and oxygen atoms in total. The van der Waals surface area contributed by atoms with Gasteiger partial charge in [-0.05, 0) is 70.5 Å². The van der Waals surface area contributed by atoms with E-state index in [1.54, 1.807) is 0 Å². The first-order valence-corrected chi connectivity index (χ1v) is 13.3. The lowest BCUT2D eigenvalue weighted by Gasteiger charge is -2.41. The number of amides is 1. The van der Waals surface area contributed by atoms with Crippen LogP contribution in [-0.4, -0.2) is 37.9 Å². The van der Waals surface area contributed by atoms with E-state index in [9.17, 15) is 9.59 Å². The Morgan fingerprint density at radius 2 is 1.59 bits per heavy atom. The van der Waals surface area contributed by atoms with Crippen molar-refractivity contribution in [2.24, 2.45) is 11.8 Å². The van der Waals surface area contributed by atoms with Crippen molar-refractivity contribution in [2.75, 3.05) is 0 Å². The van der Waals surface area contributed by atoms with Gasteiger partial charge in [-0.25, -0.2) is 4.79 Å². The fraction of sp³-hybridized carbons (Fsp3) is 0.905. The van der Waals surface area contributed by atoms with E-state index in [4.69, 9.17) is 9.16 Å². The van der Waals surface area contributed by atoms with Crippen molar-refractivity contribution in [3.63, 3.8) is 0 Å². The van der Waals surface area contributed by atoms with Crippen LogP contribution in [-0.2, 0) is 14.0 Å².